The van der Waals surface area contributed by atoms with Gasteiger partial charge in [-0.05, 0) is 50.2 Å². The smallest absolute Gasteiger partial charge is 0.154 e. The molecular weight excluding hydrogens is 262 g/mol. The summed E-state index contributed by atoms with van der Waals surface area (Å²) in [5.41, 5.74) is 6.53. The molecule has 2 aromatic carbocycles. The van der Waals surface area contributed by atoms with E-state index in [0.717, 1.165) is 0 Å². The van der Waals surface area contributed by atoms with Gasteiger partial charge in [0.25, 0.3) is 0 Å². The first kappa shape index (κ1) is 13.6. The third-order valence-electron chi connectivity index (χ3n) is 2.43. The van der Waals surface area contributed by atoms with Crippen molar-refractivity contribution in [1.29, 1.82) is 0 Å². The number of halogens is 1. The molecule has 0 bridgehead atoms. The van der Waals surface area contributed by atoms with E-state index in [0.29, 0.717) is 28.0 Å². The predicted molar refractivity (Wildman–Crippen MR) is 78.1 cm³/mol. The molecule has 2 rings (SSSR count). The van der Waals surface area contributed by atoms with Crippen LogP contribution in [0.25, 0.3) is 0 Å². The van der Waals surface area contributed by atoms with Gasteiger partial charge >= 0.3 is 0 Å². The van der Waals surface area contributed by atoms with Crippen molar-refractivity contribution in [2.24, 2.45) is 0 Å². The summed E-state index contributed by atoms with van der Waals surface area (Å²) in [6, 6.07) is 12.6. The highest BCUT2D eigenvalue weighted by Crippen LogP contribution is 2.35. The molecular formula is C15H16ClNO2. The highest BCUT2D eigenvalue weighted by Gasteiger charge is 2.09. The Morgan fingerprint density at radius 1 is 1.00 bits per heavy atom. The maximum atomic E-state index is 6.03. The molecule has 0 heterocycles. The molecule has 3 nitrogen and oxygen atoms in total. The summed E-state index contributed by atoms with van der Waals surface area (Å²) in [4.78, 5) is 0. The van der Waals surface area contributed by atoms with Gasteiger partial charge in [-0.3, -0.25) is 0 Å². The molecule has 2 N–H and O–H groups in total. The molecule has 0 unspecified atom stereocenters. The van der Waals surface area contributed by atoms with Crippen molar-refractivity contribution in [3.05, 3.63) is 47.5 Å². The van der Waals surface area contributed by atoms with Gasteiger partial charge in [0.1, 0.15) is 17.2 Å². The number of hydrogen-bond donors (Lipinski definition) is 1. The van der Waals surface area contributed by atoms with Crippen LogP contribution in [-0.4, -0.2) is 6.10 Å². The van der Waals surface area contributed by atoms with Crippen LogP contribution in [0.4, 0.5) is 5.69 Å². The molecule has 0 aliphatic rings. The molecule has 0 radical (unpaired) electrons. The minimum atomic E-state index is 0.0630. The van der Waals surface area contributed by atoms with Gasteiger partial charge in [0.2, 0.25) is 0 Å². The Bertz CT molecular complexity index is 553. The molecule has 0 saturated heterocycles. The fraction of sp³-hybridized carbons (Fsp3) is 0.200. The number of para-hydroxylation sites is 1. The highest BCUT2D eigenvalue weighted by molar-refractivity contribution is 6.30. The van der Waals surface area contributed by atoms with Gasteiger partial charge in [0, 0.05) is 5.02 Å². The number of ether oxygens (including phenoxy) is 2. The fourth-order valence-electron chi connectivity index (χ4n) is 1.60. The maximum Gasteiger partial charge on any atom is 0.154 e. The monoisotopic (exact) mass is 277 g/mol. The van der Waals surface area contributed by atoms with E-state index in [1.807, 2.05) is 26.0 Å². The Kier molecular flexibility index (Phi) is 4.17. The Labute approximate surface area is 117 Å². The maximum absolute atomic E-state index is 6.03. The van der Waals surface area contributed by atoms with Crippen LogP contribution in [0.15, 0.2) is 42.5 Å². The zero-order valence-electron chi connectivity index (χ0n) is 10.9. The predicted octanol–water partition coefficient (Wildman–Crippen LogP) is 4.50. The van der Waals surface area contributed by atoms with E-state index in [1.54, 1.807) is 30.3 Å². The standard InChI is InChI=1S/C15H16ClNO2/c1-10(2)18-13-4-3-5-14(15(13)17)19-12-8-6-11(16)7-9-12/h3-10H,17H2,1-2H3. The molecule has 4 heteroatoms. The van der Waals surface area contributed by atoms with Crippen LogP contribution in [0.2, 0.25) is 5.02 Å². The Hall–Kier alpha value is -1.87. The summed E-state index contributed by atoms with van der Waals surface area (Å²) in [7, 11) is 0. The normalized spacial score (nSPS) is 10.5. The molecule has 0 aliphatic carbocycles. The SMILES string of the molecule is CC(C)Oc1cccc(Oc2ccc(Cl)cc2)c1N. The second-order valence-electron chi connectivity index (χ2n) is 4.39. The first-order valence-corrected chi connectivity index (χ1v) is 6.42. The molecule has 0 saturated carbocycles. The van der Waals surface area contributed by atoms with Crippen molar-refractivity contribution in [3.8, 4) is 17.2 Å². The van der Waals surface area contributed by atoms with Crippen molar-refractivity contribution < 1.29 is 9.47 Å². The lowest BCUT2D eigenvalue weighted by Crippen LogP contribution is -2.07. The van der Waals surface area contributed by atoms with Crippen LogP contribution in [0.5, 0.6) is 17.2 Å². The molecule has 0 amide bonds. The van der Waals surface area contributed by atoms with Gasteiger partial charge in [-0.25, -0.2) is 0 Å². The van der Waals surface area contributed by atoms with Gasteiger partial charge in [-0.15, -0.1) is 0 Å². The molecule has 2 aromatic rings. The van der Waals surface area contributed by atoms with Crippen LogP contribution in [0.3, 0.4) is 0 Å². The lowest BCUT2D eigenvalue weighted by atomic mass is 10.2. The van der Waals surface area contributed by atoms with Crippen molar-refractivity contribution in [2.75, 3.05) is 5.73 Å². The van der Waals surface area contributed by atoms with Crippen molar-refractivity contribution in [1.82, 2.24) is 0 Å². The van der Waals surface area contributed by atoms with E-state index in [4.69, 9.17) is 26.8 Å². The molecule has 0 aliphatic heterocycles. The zero-order valence-corrected chi connectivity index (χ0v) is 11.6. The third-order valence-corrected chi connectivity index (χ3v) is 2.68. The van der Waals surface area contributed by atoms with E-state index in [2.05, 4.69) is 0 Å². The summed E-state index contributed by atoms with van der Waals surface area (Å²) >= 11 is 5.83. The van der Waals surface area contributed by atoms with E-state index in [9.17, 15) is 0 Å². The van der Waals surface area contributed by atoms with E-state index >= 15 is 0 Å². The first-order chi connectivity index (χ1) is 9.06. The lowest BCUT2D eigenvalue weighted by molar-refractivity contribution is 0.243. The summed E-state index contributed by atoms with van der Waals surface area (Å²) < 4.78 is 11.3. The van der Waals surface area contributed by atoms with Crippen LogP contribution in [-0.2, 0) is 0 Å². The number of benzene rings is 2. The Balaban J connectivity index is 2.23. The Morgan fingerprint density at radius 3 is 2.26 bits per heavy atom. The molecule has 19 heavy (non-hydrogen) atoms. The van der Waals surface area contributed by atoms with E-state index < -0.39 is 0 Å². The van der Waals surface area contributed by atoms with Gasteiger partial charge in [0.15, 0.2) is 5.75 Å². The van der Waals surface area contributed by atoms with Crippen LogP contribution < -0.4 is 15.2 Å². The van der Waals surface area contributed by atoms with Crippen LogP contribution >= 0.6 is 11.6 Å². The van der Waals surface area contributed by atoms with Gasteiger partial charge in [-0.2, -0.15) is 0 Å². The number of nitrogen functional groups attached to an aromatic ring is 1. The van der Waals surface area contributed by atoms with Gasteiger partial charge < -0.3 is 15.2 Å². The second-order valence-corrected chi connectivity index (χ2v) is 4.83. The summed E-state index contributed by atoms with van der Waals surface area (Å²) in [5.74, 6) is 1.87. The fourth-order valence-corrected chi connectivity index (χ4v) is 1.73. The van der Waals surface area contributed by atoms with Crippen molar-refractivity contribution in [2.45, 2.75) is 20.0 Å². The van der Waals surface area contributed by atoms with Gasteiger partial charge in [-0.1, -0.05) is 17.7 Å². The summed E-state index contributed by atoms with van der Waals surface area (Å²) in [6.07, 6.45) is 0.0630. The second kappa shape index (κ2) is 5.85. The zero-order chi connectivity index (χ0) is 13.8. The quantitative estimate of drug-likeness (QED) is 0.837. The lowest BCUT2D eigenvalue weighted by Gasteiger charge is -2.15. The van der Waals surface area contributed by atoms with E-state index in [1.165, 1.54) is 0 Å². The molecule has 0 atom stereocenters. The van der Waals surface area contributed by atoms with E-state index in [-0.39, 0.29) is 6.10 Å². The first-order valence-electron chi connectivity index (χ1n) is 6.05. The van der Waals surface area contributed by atoms with Crippen LogP contribution in [0.1, 0.15) is 13.8 Å². The summed E-state index contributed by atoms with van der Waals surface area (Å²) in [6.45, 7) is 3.90. The number of anilines is 1. The highest BCUT2D eigenvalue weighted by atomic mass is 35.5. The third kappa shape index (κ3) is 3.55. The minimum absolute atomic E-state index is 0.0630. The Morgan fingerprint density at radius 2 is 1.63 bits per heavy atom. The van der Waals surface area contributed by atoms with Gasteiger partial charge in [0.05, 0.1) is 6.10 Å². The molecule has 0 fully saturated rings. The molecule has 0 aromatic heterocycles. The average molecular weight is 278 g/mol. The molecule has 100 valence electrons. The van der Waals surface area contributed by atoms with Crippen LogP contribution in [0, 0.1) is 0 Å². The molecule has 0 spiro atoms. The summed E-state index contributed by atoms with van der Waals surface area (Å²) in [5, 5.41) is 0.664. The minimum Gasteiger partial charge on any atom is -0.489 e. The van der Waals surface area contributed by atoms with Crippen molar-refractivity contribution >= 4 is 17.3 Å². The van der Waals surface area contributed by atoms with Crippen molar-refractivity contribution in [3.63, 3.8) is 0 Å². The number of rotatable bonds is 4. The topological polar surface area (TPSA) is 44.5 Å². The number of hydrogen-bond acceptors (Lipinski definition) is 3. The number of nitrogens with two attached hydrogens (primary N) is 1. The largest absolute Gasteiger partial charge is 0.489 e. The average Bonchev–Trinajstić information content (AvgIpc) is 2.36.